The van der Waals surface area contributed by atoms with Crippen LogP contribution in [0.3, 0.4) is 0 Å². The zero-order chi connectivity index (χ0) is 27.1. The van der Waals surface area contributed by atoms with E-state index in [1.54, 1.807) is 12.1 Å². The molecule has 0 unspecified atom stereocenters. The Bertz CT molecular complexity index is 1280. The van der Waals surface area contributed by atoms with Crippen LogP contribution in [0.2, 0.25) is 15.1 Å². The smallest absolute Gasteiger partial charge is 0.352 e. The van der Waals surface area contributed by atoms with E-state index in [9.17, 15) is 24.3 Å². The van der Waals surface area contributed by atoms with Crippen molar-refractivity contribution in [1.29, 1.82) is 0 Å². The molecular weight excluding hydrogens is 595 g/mol. The van der Waals surface area contributed by atoms with Crippen LogP contribution in [-0.2, 0) is 19.2 Å². The van der Waals surface area contributed by atoms with Gasteiger partial charge in [-0.1, -0.05) is 34.8 Å². The maximum Gasteiger partial charge on any atom is 0.352 e. The number of rotatable bonds is 7. The molecule has 0 radical (unpaired) electrons. The molecule has 9 nitrogen and oxygen atoms in total. The summed E-state index contributed by atoms with van der Waals surface area (Å²) in [7, 11) is 0. The van der Waals surface area contributed by atoms with Crippen molar-refractivity contribution in [3.05, 3.63) is 50.1 Å². The molecule has 4 aliphatic heterocycles. The van der Waals surface area contributed by atoms with Crippen LogP contribution in [0.4, 0.5) is 0 Å². The lowest BCUT2D eigenvalue weighted by Crippen LogP contribution is -2.70. The monoisotopic (exact) mass is 616 g/mol. The summed E-state index contributed by atoms with van der Waals surface area (Å²) in [6.07, 6.45) is 3.06. The van der Waals surface area contributed by atoms with Crippen molar-refractivity contribution in [3.63, 3.8) is 0 Å². The van der Waals surface area contributed by atoms with Gasteiger partial charge in [0.1, 0.15) is 17.1 Å². The van der Waals surface area contributed by atoms with E-state index < -0.39 is 29.2 Å². The lowest BCUT2D eigenvalue weighted by atomic mass is 10.0. The molecule has 1 aromatic rings. The standard InChI is InChI=1S/C24H23Cl3N4O5S2/c25-14-6-16(27)17(7-15(14)26)37-10-18(32)29-19-22(34)31-20(24(35)36)12(9-38-23(19)31)5-11-2-4-30(21(11)33)13-1-3-28-8-13/h5-7,13,19,23,28H,1-4,8-10H2,(H,29,32)(H,35,36)/b11-5+/t13-,19-,23-/m1/s1. The molecule has 0 aromatic heterocycles. The first kappa shape index (κ1) is 27.7. The van der Waals surface area contributed by atoms with Gasteiger partial charge in [0.05, 0.1) is 20.8 Å². The summed E-state index contributed by atoms with van der Waals surface area (Å²) in [6.45, 7) is 2.23. The maximum absolute atomic E-state index is 13.0. The minimum Gasteiger partial charge on any atom is -0.477 e. The summed E-state index contributed by atoms with van der Waals surface area (Å²) < 4.78 is 0. The number of hydrogen-bond acceptors (Lipinski definition) is 7. The Morgan fingerprint density at radius 3 is 2.68 bits per heavy atom. The van der Waals surface area contributed by atoms with Crippen LogP contribution in [0.15, 0.2) is 39.9 Å². The van der Waals surface area contributed by atoms with Crippen molar-refractivity contribution in [3.8, 4) is 0 Å². The van der Waals surface area contributed by atoms with Crippen LogP contribution in [-0.4, -0.2) is 87.2 Å². The molecule has 0 aliphatic carbocycles. The Balaban J connectivity index is 1.25. The second kappa shape index (κ2) is 11.3. The SMILES string of the molecule is O=C(CSc1cc(Cl)c(Cl)cc1Cl)N[C@@H]1C(=O)N2C(C(=O)O)=C(/C=C3\CCN([C@@H]4CCNC4)C3=O)CS[C@H]12. The molecule has 0 saturated carbocycles. The van der Waals surface area contributed by atoms with E-state index in [4.69, 9.17) is 34.8 Å². The van der Waals surface area contributed by atoms with Gasteiger partial charge in [0.15, 0.2) is 0 Å². The third-order valence-electron chi connectivity index (χ3n) is 6.83. The van der Waals surface area contributed by atoms with E-state index in [1.165, 1.54) is 22.7 Å². The van der Waals surface area contributed by atoms with Crippen LogP contribution < -0.4 is 10.6 Å². The van der Waals surface area contributed by atoms with Crippen LogP contribution in [0.1, 0.15) is 12.8 Å². The van der Waals surface area contributed by atoms with Crippen molar-refractivity contribution in [2.45, 2.75) is 35.2 Å². The molecule has 0 spiro atoms. The number of halogens is 3. The molecule has 202 valence electrons. The molecule has 3 atom stereocenters. The normalized spacial score (nSPS) is 26.2. The summed E-state index contributed by atoms with van der Waals surface area (Å²) in [5, 5.41) is 16.3. The predicted octanol–water partition coefficient (Wildman–Crippen LogP) is 3.00. The van der Waals surface area contributed by atoms with Crippen molar-refractivity contribution in [2.24, 2.45) is 0 Å². The van der Waals surface area contributed by atoms with Gasteiger partial charge in [0.2, 0.25) is 11.8 Å². The van der Waals surface area contributed by atoms with Crippen LogP contribution >= 0.6 is 58.3 Å². The zero-order valence-corrected chi connectivity index (χ0v) is 23.7. The molecule has 3 saturated heterocycles. The second-order valence-corrected chi connectivity index (χ2v) is 12.5. The number of carbonyl (C=O) groups is 4. The van der Waals surface area contributed by atoms with Gasteiger partial charge in [-0.05, 0) is 43.2 Å². The second-order valence-electron chi connectivity index (χ2n) is 9.18. The fourth-order valence-corrected chi connectivity index (χ4v) is 7.81. The number of carboxylic acids is 1. The van der Waals surface area contributed by atoms with Crippen molar-refractivity contribution >= 4 is 82.0 Å². The van der Waals surface area contributed by atoms with Crippen molar-refractivity contribution in [1.82, 2.24) is 20.4 Å². The number of carboxylic acid groups (broad SMARTS) is 1. The number of thioether (sulfide) groups is 2. The maximum atomic E-state index is 13.0. The summed E-state index contributed by atoms with van der Waals surface area (Å²) in [4.78, 5) is 54.3. The third kappa shape index (κ3) is 5.29. The highest BCUT2D eigenvalue weighted by molar-refractivity contribution is 8.00. The number of allylic oxidation sites excluding steroid dienone is 1. The van der Waals surface area contributed by atoms with Crippen LogP contribution in [0.25, 0.3) is 0 Å². The van der Waals surface area contributed by atoms with Crippen molar-refractivity contribution < 1.29 is 24.3 Å². The van der Waals surface area contributed by atoms with E-state index >= 15 is 0 Å². The highest BCUT2D eigenvalue weighted by Crippen LogP contribution is 2.41. The molecule has 5 rings (SSSR count). The molecule has 14 heteroatoms. The molecule has 1 aromatic carbocycles. The Kier molecular flexibility index (Phi) is 8.23. The minimum atomic E-state index is -1.24. The number of amides is 3. The number of carbonyl (C=O) groups excluding carboxylic acids is 3. The average molecular weight is 618 g/mol. The van der Waals surface area contributed by atoms with Crippen LogP contribution in [0, 0.1) is 0 Å². The molecule has 3 amide bonds. The molecular formula is C24H23Cl3N4O5S2. The van der Waals surface area contributed by atoms with Gasteiger partial charge in [0.25, 0.3) is 5.91 Å². The summed E-state index contributed by atoms with van der Waals surface area (Å²) >= 11 is 20.6. The number of benzene rings is 1. The lowest BCUT2D eigenvalue weighted by molar-refractivity contribution is -0.150. The van der Waals surface area contributed by atoms with Gasteiger partial charge in [-0.2, -0.15) is 0 Å². The molecule has 3 fully saturated rings. The first-order chi connectivity index (χ1) is 18.2. The number of hydrogen-bond donors (Lipinski definition) is 3. The quantitative estimate of drug-likeness (QED) is 0.185. The van der Waals surface area contributed by atoms with Gasteiger partial charge in [-0.25, -0.2) is 4.79 Å². The van der Waals surface area contributed by atoms with Gasteiger partial charge < -0.3 is 20.6 Å². The zero-order valence-electron chi connectivity index (χ0n) is 19.8. The van der Waals surface area contributed by atoms with E-state index in [2.05, 4.69) is 10.6 Å². The Morgan fingerprint density at radius 1 is 1.21 bits per heavy atom. The minimum absolute atomic E-state index is 0.0209. The number of fused-ring (bicyclic) bond motifs is 1. The predicted molar refractivity (Wildman–Crippen MR) is 148 cm³/mol. The summed E-state index contributed by atoms with van der Waals surface area (Å²) in [5.41, 5.74) is 0.847. The summed E-state index contributed by atoms with van der Waals surface area (Å²) in [6, 6.07) is 2.36. The van der Waals surface area contributed by atoms with Gasteiger partial charge >= 0.3 is 5.97 Å². The molecule has 0 bridgehead atoms. The fraction of sp³-hybridized carbons (Fsp3) is 0.417. The molecule has 4 heterocycles. The topological polar surface area (TPSA) is 119 Å². The Hall–Kier alpha value is -1.89. The van der Waals surface area contributed by atoms with Gasteiger partial charge in [0, 0.05) is 35.4 Å². The van der Waals surface area contributed by atoms with E-state index in [0.717, 1.165) is 31.3 Å². The Labute approximate surface area is 242 Å². The van der Waals surface area contributed by atoms with Crippen molar-refractivity contribution in [2.75, 3.05) is 31.1 Å². The van der Waals surface area contributed by atoms with E-state index in [1.807, 2.05) is 4.90 Å². The highest BCUT2D eigenvalue weighted by Gasteiger charge is 2.54. The van der Waals surface area contributed by atoms with Gasteiger partial charge in [-0.15, -0.1) is 23.5 Å². The largest absolute Gasteiger partial charge is 0.477 e. The molecule has 38 heavy (non-hydrogen) atoms. The first-order valence-corrected chi connectivity index (χ1v) is 15.0. The summed E-state index contributed by atoms with van der Waals surface area (Å²) in [5.74, 6) is -1.94. The number of nitrogens with zero attached hydrogens (tertiary/aromatic N) is 2. The number of β-lactam (4-membered cyclic amide) rings is 1. The number of likely N-dealkylation sites (tertiary alicyclic amines) is 1. The number of aliphatic carboxylic acids is 1. The average Bonchev–Trinajstić information content (AvgIpc) is 3.53. The fourth-order valence-electron chi connectivity index (χ4n) is 4.96. The lowest BCUT2D eigenvalue weighted by Gasteiger charge is -2.49. The van der Waals surface area contributed by atoms with E-state index in [-0.39, 0.29) is 23.4 Å². The van der Waals surface area contributed by atoms with Gasteiger partial charge in [-0.3, -0.25) is 19.3 Å². The first-order valence-electron chi connectivity index (χ1n) is 11.9. The van der Waals surface area contributed by atoms with Crippen LogP contribution in [0.5, 0.6) is 0 Å². The molecule has 3 N–H and O–H groups in total. The highest BCUT2D eigenvalue weighted by atomic mass is 35.5. The third-order valence-corrected chi connectivity index (χ3v) is 10.3. The Morgan fingerprint density at radius 2 is 1.97 bits per heavy atom. The number of nitrogens with one attached hydrogen (secondary N) is 2. The molecule has 4 aliphatic rings. The van der Waals surface area contributed by atoms with E-state index in [0.29, 0.717) is 49.8 Å².